The van der Waals surface area contributed by atoms with Crippen LogP contribution < -0.4 is 14.8 Å². The molecule has 0 fully saturated rings. The Kier molecular flexibility index (Phi) is 6.68. The first-order valence-corrected chi connectivity index (χ1v) is 8.26. The molecule has 2 N–H and O–H groups in total. The number of carbonyl (C=O) groups excluding carboxylic acids is 1. The van der Waals surface area contributed by atoms with Crippen LogP contribution in [0.25, 0.3) is 0 Å². The second kappa shape index (κ2) is 8.97. The Morgan fingerprint density at radius 2 is 2.25 bits per heavy atom. The van der Waals surface area contributed by atoms with Crippen molar-refractivity contribution in [3.8, 4) is 11.5 Å². The topological polar surface area (TPSA) is 89.1 Å². The quantitative estimate of drug-likeness (QED) is 0.532. The van der Waals surface area contributed by atoms with Crippen molar-refractivity contribution in [2.24, 2.45) is 0 Å². The molecular weight excluding hydrogens is 328 g/mol. The number of carbonyl (C=O) groups is 1. The van der Waals surface area contributed by atoms with Gasteiger partial charge in [0.15, 0.2) is 16.7 Å². The average Bonchev–Trinajstić information content (AvgIpc) is 3.11. The third kappa shape index (κ3) is 4.76. The van der Waals surface area contributed by atoms with Gasteiger partial charge in [-0.25, -0.2) is 4.98 Å². The van der Waals surface area contributed by atoms with Crippen LogP contribution in [0, 0.1) is 0 Å². The smallest absolute Gasteiger partial charge is 0.230 e. The maximum atomic E-state index is 11.9. The summed E-state index contributed by atoms with van der Waals surface area (Å²) in [7, 11) is 3.19. The molecule has 1 aromatic carbocycles. The van der Waals surface area contributed by atoms with E-state index in [1.807, 2.05) is 12.1 Å². The summed E-state index contributed by atoms with van der Waals surface area (Å²) in [5, 5.41) is 9.92. The Morgan fingerprint density at radius 1 is 1.42 bits per heavy atom. The molecule has 8 heteroatoms. The molecule has 0 atom stereocenters. The van der Waals surface area contributed by atoms with Gasteiger partial charge in [0.2, 0.25) is 5.91 Å². The van der Waals surface area contributed by atoms with Crippen LogP contribution in [0.5, 0.6) is 11.5 Å². The van der Waals surface area contributed by atoms with Gasteiger partial charge in [-0.15, -0.1) is 6.58 Å². The first kappa shape index (κ1) is 17.9. The highest BCUT2D eigenvalue weighted by molar-refractivity contribution is 7.99. The fourth-order valence-corrected chi connectivity index (χ4v) is 2.77. The Morgan fingerprint density at radius 3 is 2.88 bits per heavy atom. The Hall–Kier alpha value is -2.48. The minimum absolute atomic E-state index is 0.0866. The average molecular weight is 348 g/mol. The normalized spacial score (nSPS) is 10.2. The number of allylic oxidation sites excluding steroid dienone is 1. The number of benzene rings is 1. The molecule has 0 radical (unpaired) electrons. The van der Waals surface area contributed by atoms with Crippen LogP contribution in [-0.2, 0) is 17.8 Å². The van der Waals surface area contributed by atoms with Crippen molar-refractivity contribution < 1.29 is 14.3 Å². The van der Waals surface area contributed by atoms with E-state index in [2.05, 4.69) is 27.1 Å². The number of hydrogen-bond acceptors (Lipinski definition) is 6. The molecule has 2 rings (SSSR count). The van der Waals surface area contributed by atoms with Gasteiger partial charge in [0.25, 0.3) is 0 Å². The maximum absolute atomic E-state index is 11.9. The van der Waals surface area contributed by atoms with Crippen molar-refractivity contribution in [3.63, 3.8) is 0 Å². The lowest BCUT2D eigenvalue weighted by Gasteiger charge is -2.14. The first-order chi connectivity index (χ1) is 11.7. The van der Waals surface area contributed by atoms with Crippen LogP contribution in [0.15, 0.2) is 36.3 Å². The van der Waals surface area contributed by atoms with Gasteiger partial charge >= 0.3 is 0 Å². The number of aromatic nitrogens is 3. The lowest BCUT2D eigenvalue weighted by atomic mass is 10.1. The molecule has 0 spiro atoms. The molecule has 0 saturated heterocycles. The summed E-state index contributed by atoms with van der Waals surface area (Å²) in [6.45, 7) is 4.16. The number of hydrogen-bond donors (Lipinski definition) is 2. The number of thioether (sulfide) groups is 1. The molecule has 0 unspecified atom stereocenters. The van der Waals surface area contributed by atoms with Gasteiger partial charge in [-0.05, 0) is 24.1 Å². The number of H-pyrrole nitrogens is 1. The number of methoxy groups -OCH3 is 2. The largest absolute Gasteiger partial charge is 0.493 e. The summed E-state index contributed by atoms with van der Waals surface area (Å²) in [6, 6.07) is 3.84. The Balaban J connectivity index is 1.99. The zero-order chi connectivity index (χ0) is 17.4. The van der Waals surface area contributed by atoms with E-state index < -0.39 is 0 Å². The lowest BCUT2D eigenvalue weighted by Crippen LogP contribution is -2.24. The minimum atomic E-state index is -0.0866. The van der Waals surface area contributed by atoms with E-state index in [1.165, 1.54) is 18.1 Å². The van der Waals surface area contributed by atoms with Crippen molar-refractivity contribution in [2.75, 3.05) is 20.0 Å². The molecule has 2 aromatic rings. The van der Waals surface area contributed by atoms with E-state index in [9.17, 15) is 4.79 Å². The molecule has 1 aromatic heterocycles. The zero-order valence-electron chi connectivity index (χ0n) is 13.7. The monoisotopic (exact) mass is 348 g/mol. The standard InChI is InChI=1S/C16H20N4O3S/c1-4-5-12-6-11(7-13(22-2)15(12)23-3)8-17-14(21)9-24-16-18-10-19-20-16/h4,6-7,10H,1,5,8-9H2,2-3H3,(H,17,21)(H,18,19,20). The first-order valence-electron chi connectivity index (χ1n) is 7.27. The van der Waals surface area contributed by atoms with Crippen LogP contribution in [0.3, 0.4) is 0 Å². The molecule has 0 aliphatic rings. The predicted molar refractivity (Wildman–Crippen MR) is 92.4 cm³/mol. The van der Waals surface area contributed by atoms with Crippen LogP contribution in [0.2, 0.25) is 0 Å². The molecule has 24 heavy (non-hydrogen) atoms. The van der Waals surface area contributed by atoms with Gasteiger partial charge < -0.3 is 14.8 Å². The van der Waals surface area contributed by atoms with Crippen LogP contribution in [-0.4, -0.2) is 41.1 Å². The molecule has 0 aliphatic carbocycles. The molecule has 0 bridgehead atoms. The minimum Gasteiger partial charge on any atom is -0.493 e. The van der Waals surface area contributed by atoms with Crippen molar-refractivity contribution in [1.29, 1.82) is 0 Å². The summed E-state index contributed by atoms with van der Waals surface area (Å²) >= 11 is 1.30. The van der Waals surface area contributed by atoms with Crippen molar-refractivity contribution in [2.45, 2.75) is 18.1 Å². The fraction of sp³-hybridized carbons (Fsp3) is 0.312. The maximum Gasteiger partial charge on any atom is 0.230 e. The molecular formula is C16H20N4O3S. The summed E-state index contributed by atoms with van der Waals surface area (Å²) in [4.78, 5) is 15.9. The van der Waals surface area contributed by atoms with E-state index in [0.717, 1.165) is 11.1 Å². The van der Waals surface area contributed by atoms with Crippen molar-refractivity contribution in [1.82, 2.24) is 20.5 Å². The number of nitrogens with zero attached hydrogens (tertiary/aromatic N) is 2. The Labute approximate surface area is 144 Å². The summed E-state index contributed by atoms with van der Waals surface area (Å²) in [6.07, 6.45) is 3.86. The zero-order valence-corrected chi connectivity index (χ0v) is 14.5. The van der Waals surface area contributed by atoms with E-state index in [-0.39, 0.29) is 11.7 Å². The summed E-state index contributed by atoms with van der Waals surface area (Å²) in [5.74, 6) is 1.50. The van der Waals surface area contributed by atoms with Gasteiger partial charge in [-0.3, -0.25) is 9.89 Å². The highest BCUT2D eigenvalue weighted by Crippen LogP contribution is 2.33. The molecule has 0 saturated carbocycles. The van der Waals surface area contributed by atoms with Crippen molar-refractivity contribution >= 4 is 17.7 Å². The Bertz CT molecular complexity index is 689. The third-order valence-electron chi connectivity index (χ3n) is 3.20. The number of rotatable bonds is 9. The molecule has 7 nitrogen and oxygen atoms in total. The van der Waals surface area contributed by atoms with Crippen LogP contribution in [0.1, 0.15) is 11.1 Å². The number of nitrogens with one attached hydrogen (secondary N) is 2. The summed E-state index contributed by atoms with van der Waals surface area (Å²) in [5.41, 5.74) is 1.90. The van der Waals surface area contributed by atoms with Gasteiger partial charge in [-0.1, -0.05) is 17.8 Å². The molecule has 1 amide bonds. The van der Waals surface area contributed by atoms with E-state index in [4.69, 9.17) is 9.47 Å². The predicted octanol–water partition coefficient (Wildman–Crippen LogP) is 1.96. The highest BCUT2D eigenvalue weighted by Gasteiger charge is 2.12. The SMILES string of the molecule is C=CCc1cc(CNC(=O)CSc2ncn[nH]2)cc(OC)c1OC. The summed E-state index contributed by atoms with van der Waals surface area (Å²) < 4.78 is 10.8. The highest BCUT2D eigenvalue weighted by atomic mass is 32.2. The second-order valence-electron chi connectivity index (χ2n) is 4.84. The number of amides is 1. The molecule has 128 valence electrons. The fourth-order valence-electron chi connectivity index (χ4n) is 2.17. The third-order valence-corrected chi connectivity index (χ3v) is 4.08. The van der Waals surface area contributed by atoms with Crippen LogP contribution >= 0.6 is 11.8 Å². The van der Waals surface area contributed by atoms with Gasteiger partial charge in [0.1, 0.15) is 6.33 Å². The van der Waals surface area contributed by atoms with E-state index >= 15 is 0 Å². The van der Waals surface area contributed by atoms with E-state index in [0.29, 0.717) is 29.6 Å². The van der Waals surface area contributed by atoms with Gasteiger partial charge in [-0.2, -0.15) is 5.10 Å². The number of aromatic amines is 1. The van der Waals surface area contributed by atoms with Gasteiger partial charge in [0, 0.05) is 12.1 Å². The molecule has 0 aliphatic heterocycles. The number of ether oxygens (including phenoxy) is 2. The van der Waals surface area contributed by atoms with E-state index in [1.54, 1.807) is 20.3 Å². The lowest BCUT2D eigenvalue weighted by molar-refractivity contribution is -0.118. The van der Waals surface area contributed by atoms with Crippen molar-refractivity contribution in [3.05, 3.63) is 42.2 Å². The van der Waals surface area contributed by atoms with Gasteiger partial charge in [0.05, 0.1) is 20.0 Å². The van der Waals surface area contributed by atoms with Crippen LogP contribution in [0.4, 0.5) is 0 Å². The molecule has 1 heterocycles. The second-order valence-corrected chi connectivity index (χ2v) is 5.80.